The molecule has 0 atom stereocenters. The Morgan fingerprint density at radius 2 is 2.19 bits per heavy atom. The number of hydrogen-bond donors (Lipinski definition) is 1. The molecule has 0 aliphatic heterocycles. The molecule has 2 aromatic heterocycles. The van der Waals surface area contributed by atoms with Crippen LogP contribution < -0.4 is 10.2 Å². The first kappa shape index (κ1) is 15.5. The molecule has 114 valence electrons. The average Bonchev–Trinajstić information content (AvgIpc) is 2.97. The Labute approximate surface area is 125 Å². The lowest BCUT2D eigenvalue weighted by atomic mass is 10.2. The van der Waals surface area contributed by atoms with E-state index in [4.69, 9.17) is 4.42 Å². The lowest BCUT2D eigenvalue weighted by molar-refractivity contribution is 0.498. The molecule has 21 heavy (non-hydrogen) atoms. The maximum absolute atomic E-state index is 14.6. The van der Waals surface area contributed by atoms with Crippen LogP contribution in [0.5, 0.6) is 0 Å². The first-order valence-electron chi connectivity index (χ1n) is 7.26. The number of halogens is 1. The minimum Gasteiger partial charge on any atom is -0.467 e. The summed E-state index contributed by atoms with van der Waals surface area (Å²) in [5, 5.41) is 3.23. The minimum absolute atomic E-state index is 0.265. The molecule has 5 heteroatoms. The van der Waals surface area contributed by atoms with Crippen molar-refractivity contribution in [1.82, 2.24) is 10.3 Å². The van der Waals surface area contributed by atoms with Gasteiger partial charge in [-0.2, -0.15) is 0 Å². The molecule has 0 saturated carbocycles. The maximum Gasteiger partial charge on any atom is 0.170 e. The highest BCUT2D eigenvalue weighted by atomic mass is 19.1. The second-order valence-corrected chi connectivity index (χ2v) is 5.24. The number of rotatable bonds is 7. The molecule has 0 spiro atoms. The van der Waals surface area contributed by atoms with Crippen LogP contribution in [0.25, 0.3) is 0 Å². The van der Waals surface area contributed by atoms with Crippen LogP contribution in [-0.4, -0.2) is 17.6 Å². The summed E-state index contributed by atoms with van der Waals surface area (Å²) in [5.41, 5.74) is 0.631. The molecule has 0 aliphatic carbocycles. The van der Waals surface area contributed by atoms with Gasteiger partial charge in [0.25, 0.3) is 0 Å². The number of anilines is 1. The highest BCUT2D eigenvalue weighted by Crippen LogP contribution is 2.21. The van der Waals surface area contributed by atoms with E-state index in [0.29, 0.717) is 37.1 Å². The standard InChI is InChI=1S/C16H22FN3O/c1-4-20(11-14-6-5-9-21-14)16-15(17)13(7-8-18-16)10-19-12(2)3/h5-9,12,19H,4,10-11H2,1-3H3. The van der Waals surface area contributed by atoms with Gasteiger partial charge in [-0.15, -0.1) is 0 Å². The smallest absolute Gasteiger partial charge is 0.170 e. The van der Waals surface area contributed by atoms with Crippen LogP contribution in [-0.2, 0) is 13.1 Å². The van der Waals surface area contributed by atoms with Crippen molar-refractivity contribution in [3.05, 3.63) is 47.8 Å². The van der Waals surface area contributed by atoms with Crippen molar-refractivity contribution in [2.24, 2.45) is 0 Å². The Morgan fingerprint density at radius 3 is 2.81 bits per heavy atom. The van der Waals surface area contributed by atoms with Gasteiger partial charge in [-0.1, -0.05) is 13.8 Å². The topological polar surface area (TPSA) is 41.3 Å². The lowest BCUT2D eigenvalue weighted by Crippen LogP contribution is -2.26. The van der Waals surface area contributed by atoms with Crippen LogP contribution in [0, 0.1) is 5.82 Å². The van der Waals surface area contributed by atoms with Crippen LogP contribution in [0.15, 0.2) is 35.1 Å². The van der Waals surface area contributed by atoms with Gasteiger partial charge >= 0.3 is 0 Å². The van der Waals surface area contributed by atoms with Gasteiger partial charge in [0, 0.05) is 30.9 Å². The number of aromatic nitrogens is 1. The maximum atomic E-state index is 14.6. The van der Waals surface area contributed by atoms with Crippen LogP contribution >= 0.6 is 0 Å². The summed E-state index contributed by atoms with van der Waals surface area (Å²) in [7, 11) is 0. The van der Waals surface area contributed by atoms with Crippen molar-refractivity contribution in [2.45, 2.75) is 39.9 Å². The third-order valence-corrected chi connectivity index (χ3v) is 3.26. The van der Waals surface area contributed by atoms with E-state index in [1.807, 2.05) is 37.8 Å². The molecular formula is C16H22FN3O. The Bertz CT molecular complexity index is 555. The molecule has 1 N–H and O–H groups in total. The predicted molar refractivity (Wildman–Crippen MR) is 81.6 cm³/mol. The summed E-state index contributed by atoms with van der Waals surface area (Å²) in [6, 6.07) is 5.74. The summed E-state index contributed by atoms with van der Waals surface area (Å²) < 4.78 is 19.9. The fourth-order valence-electron chi connectivity index (χ4n) is 2.07. The quantitative estimate of drug-likeness (QED) is 0.849. The first-order chi connectivity index (χ1) is 10.1. The molecular weight excluding hydrogens is 269 g/mol. The first-order valence-corrected chi connectivity index (χ1v) is 7.26. The van der Waals surface area contributed by atoms with Gasteiger partial charge in [0.1, 0.15) is 5.76 Å². The highest BCUT2D eigenvalue weighted by Gasteiger charge is 2.16. The Balaban J connectivity index is 2.18. The number of furan rings is 1. The van der Waals surface area contributed by atoms with Crippen LogP contribution in [0.1, 0.15) is 32.1 Å². The molecule has 0 bridgehead atoms. The van der Waals surface area contributed by atoms with Crippen LogP contribution in [0.2, 0.25) is 0 Å². The number of nitrogens with one attached hydrogen (secondary N) is 1. The molecule has 4 nitrogen and oxygen atoms in total. The second kappa shape index (κ2) is 7.22. The Morgan fingerprint density at radius 1 is 1.38 bits per heavy atom. The molecule has 0 aliphatic rings. The van der Waals surface area contributed by atoms with E-state index >= 15 is 0 Å². The number of pyridine rings is 1. The fourth-order valence-corrected chi connectivity index (χ4v) is 2.07. The van der Waals surface area contributed by atoms with Crippen molar-refractivity contribution >= 4 is 5.82 Å². The predicted octanol–water partition coefficient (Wildman–Crippen LogP) is 3.34. The largest absolute Gasteiger partial charge is 0.467 e. The lowest BCUT2D eigenvalue weighted by Gasteiger charge is -2.22. The third kappa shape index (κ3) is 4.04. The van der Waals surface area contributed by atoms with Gasteiger partial charge < -0.3 is 14.6 Å². The summed E-state index contributed by atoms with van der Waals surface area (Å²) in [5.74, 6) is 0.903. The zero-order valence-electron chi connectivity index (χ0n) is 12.8. The average molecular weight is 291 g/mol. The zero-order chi connectivity index (χ0) is 15.2. The zero-order valence-corrected chi connectivity index (χ0v) is 12.8. The fraction of sp³-hybridized carbons (Fsp3) is 0.438. The molecule has 0 saturated heterocycles. The molecule has 0 unspecified atom stereocenters. The molecule has 0 aromatic carbocycles. The molecule has 2 aromatic rings. The Hall–Kier alpha value is -1.88. The summed E-state index contributed by atoms with van der Waals surface area (Å²) in [4.78, 5) is 6.07. The van der Waals surface area contributed by atoms with Gasteiger partial charge in [-0.05, 0) is 25.1 Å². The number of hydrogen-bond acceptors (Lipinski definition) is 4. The van der Waals surface area contributed by atoms with Gasteiger partial charge in [0.15, 0.2) is 11.6 Å². The van der Waals surface area contributed by atoms with Crippen molar-refractivity contribution < 1.29 is 8.81 Å². The van der Waals surface area contributed by atoms with E-state index in [-0.39, 0.29) is 5.82 Å². The van der Waals surface area contributed by atoms with Crippen LogP contribution in [0.4, 0.5) is 10.2 Å². The summed E-state index contributed by atoms with van der Waals surface area (Å²) in [6.45, 7) is 7.71. The molecule has 0 fully saturated rings. The van der Waals surface area contributed by atoms with Gasteiger partial charge in [-0.25, -0.2) is 9.37 Å². The van der Waals surface area contributed by atoms with E-state index in [0.717, 1.165) is 5.76 Å². The van der Waals surface area contributed by atoms with Gasteiger partial charge in [-0.3, -0.25) is 0 Å². The molecule has 0 radical (unpaired) electrons. The molecule has 0 amide bonds. The van der Waals surface area contributed by atoms with E-state index in [2.05, 4.69) is 10.3 Å². The van der Waals surface area contributed by atoms with E-state index in [1.54, 1.807) is 18.5 Å². The van der Waals surface area contributed by atoms with Crippen LogP contribution in [0.3, 0.4) is 0 Å². The minimum atomic E-state index is -0.265. The summed E-state index contributed by atoms with van der Waals surface area (Å²) >= 11 is 0. The molecule has 2 heterocycles. The SMILES string of the molecule is CCN(Cc1ccco1)c1nccc(CNC(C)C)c1F. The van der Waals surface area contributed by atoms with E-state index < -0.39 is 0 Å². The van der Waals surface area contributed by atoms with E-state index in [9.17, 15) is 4.39 Å². The monoisotopic (exact) mass is 291 g/mol. The third-order valence-electron chi connectivity index (χ3n) is 3.26. The van der Waals surface area contributed by atoms with Crippen molar-refractivity contribution in [3.63, 3.8) is 0 Å². The normalized spacial score (nSPS) is 11.1. The van der Waals surface area contributed by atoms with Crippen molar-refractivity contribution in [3.8, 4) is 0 Å². The van der Waals surface area contributed by atoms with Gasteiger partial charge in [0.05, 0.1) is 12.8 Å². The van der Waals surface area contributed by atoms with Crippen molar-refractivity contribution in [2.75, 3.05) is 11.4 Å². The van der Waals surface area contributed by atoms with E-state index in [1.165, 1.54) is 0 Å². The Kier molecular flexibility index (Phi) is 5.33. The summed E-state index contributed by atoms with van der Waals surface area (Å²) in [6.07, 6.45) is 3.27. The second-order valence-electron chi connectivity index (χ2n) is 5.24. The van der Waals surface area contributed by atoms with Crippen molar-refractivity contribution in [1.29, 1.82) is 0 Å². The number of nitrogens with zero attached hydrogens (tertiary/aromatic N) is 2. The molecule has 2 rings (SSSR count). The highest BCUT2D eigenvalue weighted by molar-refractivity contribution is 5.43. The van der Waals surface area contributed by atoms with Gasteiger partial charge in [0.2, 0.25) is 0 Å².